The van der Waals surface area contributed by atoms with E-state index in [0.717, 1.165) is 5.56 Å². The number of nitrogens with zero attached hydrogens (tertiary/aromatic N) is 2. The van der Waals surface area contributed by atoms with Gasteiger partial charge in [-0.1, -0.05) is 6.07 Å². The lowest BCUT2D eigenvalue weighted by Gasteiger charge is -2.32. The average Bonchev–Trinajstić information content (AvgIpc) is 3.22. The van der Waals surface area contributed by atoms with Crippen molar-refractivity contribution in [2.45, 2.75) is 25.4 Å². The van der Waals surface area contributed by atoms with Gasteiger partial charge in [0.1, 0.15) is 6.04 Å². The van der Waals surface area contributed by atoms with Crippen LogP contribution < -0.4 is 9.47 Å². The van der Waals surface area contributed by atoms with Crippen LogP contribution >= 0.6 is 0 Å². The number of likely N-dealkylation sites (tertiary alicyclic amines) is 1. The molecule has 128 valence electrons. The second kappa shape index (κ2) is 6.32. The monoisotopic (exact) mass is 332 g/mol. The van der Waals surface area contributed by atoms with Gasteiger partial charge in [-0.25, -0.2) is 0 Å². The maximum absolute atomic E-state index is 12.8. The predicted octanol–water partition coefficient (Wildman–Crippen LogP) is 0.765. The topological polar surface area (TPSA) is 68.3 Å². The highest BCUT2D eigenvalue weighted by Gasteiger charge is 2.38. The van der Waals surface area contributed by atoms with Crippen LogP contribution in [0.1, 0.15) is 18.4 Å². The molecule has 1 aromatic carbocycles. The van der Waals surface area contributed by atoms with Crippen molar-refractivity contribution in [2.24, 2.45) is 0 Å². The Morgan fingerprint density at radius 2 is 1.96 bits per heavy atom. The van der Waals surface area contributed by atoms with Crippen molar-refractivity contribution in [1.82, 2.24) is 9.80 Å². The number of carbonyl (C=O) groups excluding carboxylic acids is 2. The van der Waals surface area contributed by atoms with Crippen LogP contribution in [0.3, 0.4) is 0 Å². The molecule has 2 saturated heterocycles. The molecular formula is C17H20N2O5. The van der Waals surface area contributed by atoms with Gasteiger partial charge in [-0.15, -0.1) is 0 Å². The summed E-state index contributed by atoms with van der Waals surface area (Å²) in [4.78, 5) is 28.5. The maximum Gasteiger partial charge on any atom is 0.245 e. The summed E-state index contributed by atoms with van der Waals surface area (Å²) in [5.41, 5.74) is 0.939. The number of ether oxygens (including phenoxy) is 3. The van der Waals surface area contributed by atoms with E-state index in [9.17, 15) is 9.59 Å². The SMILES string of the molecule is O=C([C@@H]1CCC(=O)N1Cc1ccc2c(c1)OCO2)N1CCOCC1. The molecule has 0 N–H and O–H groups in total. The van der Waals surface area contributed by atoms with Crippen molar-refractivity contribution in [3.05, 3.63) is 23.8 Å². The molecule has 7 heteroatoms. The number of fused-ring (bicyclic) bond motifs is 1. The summed E-state index contributed by atoms with van der Waals surface area (Å²) in [5.74, 6) is 1.46. The number of hydrogen-bond acceptors (Lipinski definition) is 5. The third-order valence-electron chi connectivity index (χ3n) is 4.73. The number of rotatable bonds is 3. The van der Waals surface area contributed by atoms with Crippen LogP contribution in [0.15, 0.2) is 18.2 Å². The Morgan fingerprint density at radius 1 is 1.17 bits per heavy atom. The van der Waals surface area contributed by atoms with Crippen LogP contribution in [-0.2, 0) is 20.9 Å². The van der Waals surface area contributed by atoms with Gasteiger partial charge in [-0.2, -0.15) is 0 Å². The number of morpholine rings is 1. The Bertz CT molecular complexity index is 656. The highest BCUT2D eigenvalue weighted by Crippen LogP contribution is 2.33. The van der Waals surface area contributed by atoms with Gasteiger partial charge in [-0.05, 0) is 24.1 Å². The van der Waals surface area contributed by atoms with Gasteiger partial charge in [0.25, 0.3) is 0 Å². The first-order valence-electron chi connectivity index (χ1n) is 8.27. The second-order valence-electron chi connectivity index (χ2n) is 6.20. The Labute approximate surface area is 140 Å². The van der Waals surface area contributed by atoms with Crippen LogP contribution in [0, 0.1) is 0 Å². The van der Waals surface area contributed by atoms with Gasteiger partial charge in [0, 0.05) is 26.1 Å². The normalized spacial score (nSPS) is 23.0. The summed E-state index contributed by atoms with van der Waals surface area (Å²) in [6, 6.07) is 5.26. The van der Waals surface area contributed by atoms with Crippen molar-refractivity contribution in [1.29, 1.82) is 0 Å². The van der Waals surface area contributed by atoms with Crippen molar-refractivity contribution in [2.75, 3.05) is 33.1 Å². The average molecular weight is 332 g/mol. The third kappa shape index (κ3) is 2.80. The van der Waals surface area contributed by atoms with Gasteiger partial charge in [0.2, 0.25) is 18.6 Å². The lowest BCUT2D eigenvalue weighted by Crippen LogP contribution is -2.50. The summed E-state index contributed by atoms with van der Waals surface area (Å²) >= 11 is 0. The van der Waals surface area contributed by atoms with Crippen LogP contribution in [-0.4, -0.2) is 60.8 Å². The standard InChI is InChI=1S/C17H20N2O5/c20-16-4-2-13(17(21)18-5-7-22-8-6-18)19(16)10-12-1-3-14-15(9-12)24-11-23-14/h1,3,9,13H,2,4-8,10-11H2/t13-/m0/s1. The predicted molar refractivity (Wildman–Crippen MR) is 83.5 cm³/mol. The van der Waals surface area contributed by atoms with Gasteiger partial charge >= 0.3 is 0 Å². The van der Waals surface area contributed by atoms with Gasteiger partial charge in [-0.3, -0.25) is 9.59 Å². The smallest absolute Gasteiger partial charge is 0.245 e. The second-order valence-corrected chi connectivity index (χ2v) is 6.20. The van der Waals surface area contributed by atoms with Crippen LogP contribution in [0.4, 0.5) is 0 Å². The molecule has 3 aliphatic rings. The molecule has 0 spiro atoms. The maximum atomic E-state index is 12.8. The molecule has 0 saturated carbocycles. The minimum Gasteiger partial charge on any atom is -0.454 e. The van der Waals surface area contributed by atoms with E-state index in [4.69, 9.17) is 14.2 Å². The molecule has 3 heterocycles. The summed E-state index contributed by atoms with van der Waals surface area (Å²) in [6.07, 6.45) is 1.00. The van der Waals surface area contributed by atoms with E-state index in [1.165, 1.54) is 0 Å². The molecule has 2 amide bonds. The first-order chi connectivity index (χ1) is 11.7. The first-order valence-corrected chi connectivity index (χ1v) is 8.27. The van der Waals surface area contributed by atoms with E-state index >= 15 is 0 Å². The Hall–Kier alpha value is -2.28. The van der Waals surface area contributed by atoms with Crippen molar-refractivity contribution in [3.63, 3.8) is 0 Å². The Balaban J connectivity index is 1.49. The lowest BCUT2D eigenvalue weighted by molar-refractivity contribution is -0.144. The number of benzene rings is 1. The van der Waals surface area contributed by atoms with Crippen molar-refractivity contribution < 1.29 is 23.8 Å². The van der Waals surface area contributed by atoms with Crippen LogP contribution in [0.5, 0.6) is 11.5 Å². The number of hydrogen-bond donors (Lipinski definition) is 0. The molecule has 2 fully saturated rings. The number of carbonyl (C=O) groups is 2. The first kappa shape index (κ1) is 15.3. The quantitative estimate of drug-likeness (QED) is 0.818. The van der Waals surface area contributed by atoms with E-state index in [2.05, 4.69) is 0 Å². The molecular weight excluding hydrogens is 312 g/mol. The van der Waals surface area contributed by atoms with Crippen molar-refractivity contribution in [3.8, 4) is 11.5 Å². The minimum atomic E-state index is -0.374. The summed E-state index contributed by atoms with van der Waals surface area (Å²) in [5, 5.41) is 0. The molecule has 7 nitrogen and oxygen atoms in total. The zero-order valence-corrected chi connectivity index (χ0v) is 13.4. The molecule has 3 aliphatic heterocycles. The molecule has 0 unspecified atom stereocenters. The molecule has 0 radical (unpaired) electrons. The third-order valence-corrected chi connectivity index (χ3v) is 4.73. The minimum absolute atomic E-state index is 0.0271. The highest BCUT2D eigenvalue weighted by atomic mass is 16.7. The lowest BCUT2D eigenvalue weighted by atomic mass is 10.1. The fourth-order valence-corrected chi connectivity index (χ4v) is 3.42. The highest BCUT2D eigenvalue weighted by molar-refractivity contribution is 5.91. The molecule has 1 aromatic rings. The largest absolute Gasteiger partial charge is 0.454 e. The molecule has 24 heavy (non-hydrogen) atoms. The van der Waals surface area contributed by atoms with Crippen LogP contribution in [0.25, 0.3) is 0 Å². The van der Waals surface area contributed by atoms with E-state index in [0.29, 0.717) is 57.2 Å². The van der Waals surface area contributed by atoms with E-state index in [1.807, 2.05) is 18.2 Å². The molecule has 4 rings (SSSR count). The van der Waals surface area contributed by atoms with Gasteiger partial charge < -0.3 is 24.0 Å². The Kier molecular flexibility index (Phi) is 4.02. The summed E-state index contributed by atoms with van der Waals surface area (Å²) in [7, 11) is 0. The summed E-state index contributed by atoms with van der Waals surface area (Å²) < 4.78 is 16.0. The van der Waals surface area contributed by atoms with Crippen LogP contribution in [0.2, 0.25) is 0 Å². The molecule has 1 atom stereocenters. The summed E-state index contributed by atoms with van der Waals surface area (Å²) in [6.45, 7) is 2.96. The van der Waals surface area contributed by atoms with Gasteiger partial charge in [0.05, 0.1) is 13.2 Å². The Morgan fingerprint density at radius 3 is 2.79 bits per heavy atom. The van der Waals surface area contributed by atoms with Gasteiger partial charge in [0.15, 0.2) is 11.5 Å². The number of amides is 2. The molecule has 0 aliphatic carbocycles. The molecule has 0 bridgehead atoms. The molecule has 0 aromatic heterocycles. The zero-order chi connectivity index (χ0) is 16.5. The van der Waals surface area contributed by atoms with E-state index in [-0.39, 0.29) is 24.6 Å². The van der Waals surface area contributed by atoms with E-state index in [1.54, 1.807) is 9.80 Å². The van der Waals surface area contributed by atoms with E-state index < -0.39 is 0 Å². The fourth-order valence-electron chi connectivity index (χ4n) is 3.42. The fraction of sp³-hybridized carbons (Fsp3) is 0.529. The zero-order valence-electron chi connectivity index (χ0n) is 13.4. The van der Waals surface area contributed by atoms with Crippen molar-refractivity contribution >= 4 is 11.8 Å².